The smallest absolute Gasteiger partial charge is 0.138 e. The van der Waals surface area contributed by atoms with Crippen molar-refractivity contribution < 1.29 is 0 Å². The van der Waals surface area contributed by atoms with Crippen molar-refractivity contribution in [3.63, 3.8) is 0 Å². The summed E-state index contributed by atoms with van der Waals surface area (Å²) in [5.41, 5.74) is 8.52. The lowest BCUT2D eigenvalue weighted by Crippen LogP contribution is -1.82. The monoisotopic (exact) mass is 412 g/mol. The van der Waals surface area contributed by atoms with Gasteiger partial charge in [0.1, 0.15) is 11.6 Å². The molecule has 0 unspecified atom stereocenters. The van der Waals surface area contributed by atoms with Gasteiger partial charge >= 0.3 is 0 Å². The van der Waals surface area contributed by atoms with Crippen molar-refractivity contribution in [1.82, 2.24) is 19.9 Å². The van der Waals surface area contributed by atoms with Gasteiger partial charge in [0.25, 0.3) is 0 Å². The molecule has 0 saturated heterocycles. The van der Waals surface area contributed by atoms with Gasteiger partial charge in [0.15, 0.2) is 0 Å². The molecule has 0 radical (unpaired) electrons. The van der Waals surface area contributed by atoms with Gasteiger partial charge in [0.05, 0.1) is 22.1 Å². The first-order chi connectivity index (χ1) is 15.8. The second-order valence-corrected chi connectivity index (χ2v) is 7.78. The van der Waals surface area contributed by atoms with Crippen LogP contribution in [0.5, 0.6) is 0 Å². The van der Waals surface area contributed by atoms with Crippen molar-refractivity contribution in [2.75, 3.05) is 0 Å². The van der Waals surface area contributed by atoms with Gasteiger partial charge in [0, 0.05) is 11.1 Å². The molecule has 2 N–H and O–H groups in total. The molecular weight excluding hydrogens is 392 g/mol. The maximum absolute atomic E-state index is 4.67. The first kappa shape index (κ1) is 18.3. The minimum absolute atomic E-state index is 0.892. The Morgan fingerprint density at radius 1 is 0.469 bits per heavy atom. The van der Waals surface area contributed by atoms with E-state index in [1.165, 1.54) is 0 Å². The lowest BCUT2D eigenvalue weighted by Gasteiger charge is -2.00. The second kappa shape index (κ2) is 7.67. The number of nitrogens with zero attached hydrogens (tertiary/aromatic N) is 2. The minimum Gasteiger partial charge on any atom is -0.338 e. The van der Waals surface area contributed by atoms with Gasteiger partial charge < -0.3 is 9.97 Å². The molecular formula is C28H20N4. The number of aromatic amines is 2. The fourth-order valence-corrected chi connectivity index (χ4v) is 3.88. The van der Waals surface area contributed by atoms with Crippen molar-refractivity contribution in [3.8, 4) is 22.8 Å². The Balaban J connectivity index is 1.19. The number of rotatable bonds is 4. The summed E-state index contributed by atoms with van der Waals surface area (Å²) in [6.07, 6.45) is 4.25. The van der Waals surface area contributed by atoms with Crippen molar-refractivity contribution in [3.05, 3.63) is 108 Å². The Morgan fingerprint density at radius 3 is 1.28 bits per heavy atom. The zero-order valence-corrected chi connectivity index (χ0v) is 17.3. The number of para-hydroxylation sites is 4. The maximum Gasteiger partial charge on any atom is 0.138 e. The molecule has 0 fully saturated rings. The molecule has 152 valence electrons. The molecule has 0 bridgehead atoms. The zero-order valence-electron chi connectivity index (χ0n) is 17.3. The highest BCUT2D eigenvalue weighted by molar-refractivity contribution is 5.81. The summed E-state index contributed by atoms with van der Waals surface area (Å²) in [7, 11) is 0. The average Bonchev–Trinajstić information content (AvgIpc) is 3.48. The summed E-state index contributed by atoms with van der Waals surface area (Å²) in [5.74, 6) is 1.78. The van der Waals surface area contributed by atoms with Crippen LogP contribution < -0.4 is 0 Å². The number of imidazole rings is 2. The second-order valence-electron chi connectivity index (χ2n) is 7.78. The third kappa shape index (κ3) is 3.48. The number of H-pyrrole nitrogens is 2. The zero-order chi connectivity index (χ0) is 21.3. The highest BCUT2D eigenvalue weighted by Gasteiger charge is 2.05. The van der Waals surface area contributed by atoms with Crippen LogP contribution in [0.15, 0.2) is 97.1 Å². The normalized spacial score (nSPS) is 11.6. The van der Waals surface area contributed by atoms with Crippen molar-refractivity contribution in [2.45, 2.75) is 0 Å². The highest BCUT2D eigenvalue weighted by Crippen LogP contribution is 2.23. The summed E-state index contributed by atoms with van der Waals surface area (Å²) < 4.78 is 0. The van der Waals surface area contributed by atoms with E-state index < -0.39 is 0 Å². The standard InChI is InChI=1S/C28H20N4/c1-2-6-24-23(5-1)29-27(30-24)21-15-11-19(12-16-21)9-10-20-13-17-22(18-14-20)28-31-25-7-3-4-8-26(25)32-28/h1-18H,(H,29,30)(H,31,32). The number of aromatic nitrogens is 4. The molecule has 0 aliphatic heterocycles. The summed E-state index contributed by atoms with van der Waals surface area (Å²) in [6, 6.07) is 33.0. The molecule has 4 nitrogen and oxygen atoms in total. The molecule has 2 aromatic heterocycles. The SMILES string of the molecule is C(=Cc1ccc(-c2nc3ccccc3[nH]2)cc1)c1ccc(-c2nc3ccccc3[nH]2)cc1. The first-order valence-corrected chi connectivity index (χ1v) is 10.6. The fraction of sp³-hybridized carbons (Fsp3) is 0. The highest BCUT2D eigenvalue weighted by atomic mass is 14.9. The Labute approximate surface area is 185 Å². The molecule has 6 aromatic rings. The van der Waals surface area contributed by atoms with Gasteiger partial charge in [-0.2, -0.15) is 0 Å². The summed E-state index contributed by atoms with van der Waals surface area (Å²) in [4.78, 5) is 16.1. The lowest BCUT2D eigenvalue weighted by molar-refractivity contribution is 1.33. The van der Waals surface area contributed by atoms with Gasteiger partial charge in [-0.25, -0.2) is 9.97 Å². The van der Waals surface area contributed by atoms with E-state index >= 15 is 0 Å². The number of benzene rings is 4. The molecule has 32 heavy (non-hydrogen) atoms. The van der Waals surface area contributed by atoms with Gasteiger partial charge in [-0.05, 0) is 35.4 Å². The van der Waals surface area contributed by atoms with Crippen LogP contribution in [-0.2, 0) is 0 Å². The van der Waals surface area contributed by atoms with E-state index in [1.54, 1.807) is 0 Å². The number of hydrogen-bond donors (Lipinski definition) is 2. The molecule has 2 heterocycles. The minimum atomic E-state index is 0.892. The van der Waals surface area contributed by atoms with Gasteiger partial charge in [0.2, 0.25) is 0 Å². The van der Waals surface area contributed by atoms with Gasteiger partial charge in [-0.15, -0.1) is 0 Å². The molecule has 0 amide bonds. The average molecular weight is 412 g/mol. The van der Waals surface area contributed by atoms with Crippen LogP contribution in [0, 0.1) is 0 Å². The van der Waals surface area contributed by atoms with Gasteiger partial charge in [-0.3, -0.25) is 0 Å². The first-order valence-electron chi connectivity index (χ1n) is 10.6. The molecule has 0 aliphatic carbocycles. The van der Waals surface area contributed by atoms with E-state index in [0.717, 1.165) is 56.0 Å². The Bertz CT molecular complexity index is 1370. The summed E-state index contributed by atoms with van der Waals surface area (Å²) >= 11 is 0. The maximum atomic E-state index is 4.67. The molecule has 0 spiro atoms. The predicted molar refractivity (Wildman–Crippen MR) is 132 cm³/mol. The topological polar surface area (TPSA) is 57.4 Å². The van der Waals surface area contributed by atoms with Crippen LogP contribution in [0.4, 0.5) is 0 Å². The molecule has 4 heteroatoms. The predicted octanol–water partition coefficient (Wildman–Crippen LogP) is 6.94. The molecule has 0 aliphatic rings. The third-order valence-corrected chi connectivity index (χ3v) is 5.62. The molecule has 0 atom stereocenters. The summed E-state index contributed by atoms with van der Waals surface area (Å²) in [5, 5.41) is 0. The van der Waals surface area contributed by atoms with Gasteiger partial charge in [-0.1, -0.05) is 84.9 Å². The number of hydrogen-bond acceptors (Lipinski definition) is 2. The largest absolute Gasteiger partial charge is 0.338 e. The van der Waals surface area contributed by atoms with Crippen molar-refractivity contribution in [1.29, 1.82) is 0 Å². The van der Waals surface area contributed by atoms with Crippen molar-refractivity contribution in [2.24, 2.45) is 0 Å². The van der Waals surface area contributed by atoms with E-state index in [-0.39, 0.29) is 0 Å². The quantitative estimate of drug-likeness (QED) is 0.308. The lowest BCUT2D eigenvalue weighted by atomic mass is 10.1. The number of nitrogens with one attached hydrogen (secondary N) is 2. The van der Waals surface area contributed by atoms with Crippen LogP contribution in [0.25, 0.3) is 57.0 Å². The van der Waals surface area contributed by atoms with E-state index in [0.29, 0.717) is 0 Å². The van der Waals surface area contributed by atoms with E-state index in [4.69, 9.17) is 0 Å². The Kier molecular flexibility index (Phi) is 4.40. The van der Waals surface area contributed by atoms with E-state index in [2.05, 4.69) is 80.6 Å². The third-order valence-electron chi connectivity index (χ3n) is 5.62. The Morgan fingerprint density at radius 2 is 0.875 bits per heavy atom. The van der Waals surface area contributed by atoms with Crippen molar-refractivity contribution >= 4 is 34.2 Å². The summed E-state index contributed by atoms with van der Waals surface area (Å²) in [6.45, 7) is 0. The fourth-order valence-electron chi connectivity index (χ4n) is 3.88. The van der Waals surface area contributed by atoms with Crippen LogP contribution >= 0.6 is 0 Å². The van der Waals surface area contributed by atoms with Crippen LogP contribution in [-0.4, -0.2) is 19.9 Å². The van der Waals surface area contributed by atoms with E-state index in [9.17, 15) is 0 Å². The molecule has 4 aromatic carbocycles. The molecule has 6 rings (SSSR count). The van der Waals surface area contributed by atoms with Crippen LogP contribution in [0.2, 0.25) is 0 Å². The van der Waals surface area contributed by atoms with Crippen LogP contribution in [0.1, 0.15) is 11.1 Å². The Hall–Kier alpha value is -4.44. The van der Waals surface area contributed by atoms with E-state index in [1.807, 2.05) is 48.5 Å². The number of fused-ring (bicyclic) bond motifs is 2. The molecule has 0 saturated carbocycles. The van der Waals surface area contributed by atoms with Crippen LogP contribution in [0.3, 0.4) is 0 Å².